The average Bonchev–Trinajstić information content (AvgIpc) is 2.92. The summed E-state index contributed by atoms with van der Waals surface area (Å²) >= 11 is 0. The van der Waals surface area contributed by atoms with Gasteiger partial charge in [0.15, 0.2) is 0 Å². The van der Waals surface area contributed by atoms with E-state index in [1.54, 1.807) is 0 Å². The summed E-state index contributed by atoms with van der Waals surface area (Å²) in [7, 11) is 0. The second-order valence-corrected chi connectivity index (χ2v) is 10.2. The molecule has 0 saturated carbocycles. The fraction of sp³-hybridized carbons (Fsp3) is 0.188. The first-order valence-corrected chi connectivity index (χ1v) is 13.1. The lowest BCUT2D eigenvalue weighted by Gasteiger charge is -2.36. The average molecular weight is 499 g/mol. The van der Waals surface area contributed by atoms with E-state index in [0.717, 1.165) is 68.5 Å². The molecule has 0 aromatic heterocycles. The summed E-state index contributed by atoms with van der Waals surface area (Å²) in [5, 5.41) is 29.7. The minimum absolute atomic E-state index is 0.221. The van der Waals surface area contributed by atoms with Crippen LogP contribution < -0.4 is 10.6 Å². The zero-order valence-electron chi connectivity index (χ0n) is 21.9. The molecule has 6 rings (SSSR count). The summed E-state index contributed by atoms with van der Waals surface area (Å²) in [5.74, 6) is 0. The Bertz CT molecular complexity index is 1690. The van der Waals surface area contributed by atoms with Crippen LogP contribution in [0.2, 0.25) is 0 Å². The SMILES string of the molecule is CCCc1ccc(/N=N/c2ccc(/N=N/c3ccc4c5c(cccc35)NC(C)(C)N4)c3ccccc23)cc1. The van der Waals surface area contributed by atoms with Crippen molar-refractivity contribution >= 4 is 55.7 Å². The molecule has 0 aliphatic carbocycles. The third-order valence-corrected chi connectivity index (χ3v) is 6.80. The normalized spacial score (nSPS) is 14.3. The van der Waals surface area contributed by atoms with Gasteiger partial charge in [-0.1, -0.05) is 61.9 Å². The molecule has 0 spiro atoms. The van der Waals surface area contributed by atoms with Crippen molar-refractivity contribution in [3.05, 3.63) is 96.6 Å². The van der Waals surface area contributed by atoms with E-state index in [1.165, 1.54) is 5.56 Å². The zero-order chi connectivity index (χ0) is 26.1. The van der Waals surface area contributed by atoms with Crippen molar-refractivity contribution in [2.24, 2.45) is 20.5 Å². The number of azo groups is 2. The number of hydrogen-bond acceptors (Lipinski definition) is 6. The highest BCUT2D eigenvalue weighted by molar-refractivity contribution is 6.09. The van der Waals surface area contributed by atoms with Gasteiger partial charge in [0.25, 0.3) is 0 Å². The number of aryl methyl sites for hydroxylation is 1. The Morgan fingerprint density at radius 1 is 0.579 bits per heavy atom. The topological polar surface area (TPSA) is 73.5 Å². The lowest BCUT2D eigenvalue weighted by Crippen LogP contribution is -2.41. The van der Waals surface area contributed by atoms with Gasteiger partial charge in [-0.25, -0.2) is 0 Å². The van der Waals surface area contributed by atoms with E-state index in [1.807, 2.05) is 42.5 Å². The summed E-state index contributed by atoms with van der Waals surface area (Å²) in [4.78, 5) is 0. The number of anilines is 2. The summed E-state index contributed by atoms with van der Waals surface area (Å²) in [6.07, 6.45) is 2.21. The van der Waals surface area contributed by atoms with Gasteiger partial charge in [-0.05, 0) is 68.3 Å². The Morgan fingerprint density at radius 3 is 1.79 bits per heavy atom. The molecule has 0 atom stereocenters. The zero-order valence-corrected chi connectivity index (χ0v) is 21.9. The minimum Gasteiger partial charge on any atom is -0.363 e. The molecule has 6 heteroatoms. The number of fused-ring (bicyclic) bond motifs is 1. The molecule has 38 heavy (non-hydrogen) atoms. The van der Waals surface area contributed by atoms with Crippen LogP contribution in [0, 0.1) is 0 Å². The van der Waals surface area contributed by atoms with Crippen LogP contribution in [0.4, 0.5) is 34.1 Å². The molecule has 6 nitrogen and oxygen atoms in total. The van der Waals surface area contributed by atoms with E-state index >= 15 is 0 Å². The van der Waals surface area contributed by atoms with Gasteiger partial charge in [0, 0.05) is 32.9 Å². The molecule has 5 aromatic carbocycles. The Morgan fingerprint density at radius 2 is 1.13 bits per heavy atom. The molecule has 0 saturated heterocycles. The molecule has 1 aliphatic heterocycles. The highest BCUT2D eigenvalue weighted by Gasteiger charge is 2.25. The first-order valence-electron chi connectivity index (χ1n) is 13.1. The molecule has 0 amide bonds. The van der Waals surface area contributed by atoms with Crippen molar-refractivity contribution in [3.63, 3.8) is 0 Å². The summed E-state index contributed by atoms with van der Waals surface area (Å²) in [5.41, 5.74) is 6.55. The van der Waals surface area contributed by atoms with Gasteiger partial charge in [-0.3, -0.25) is 0 Å². The van der Waals surface area contributed by atoms with Crippen LogP contribution in [0.1, 0.15) is 32.8 Å². The lowest BCUT2D eigenvalue weighted by atomic mass is 10.00. The molecule has 188 valence electrons. The molecular formula is C32H30N6. The molecule has 1 heterocycles. The number of nitrogens with one attached hydrogen (secondary N) is 2. The predicted octanol–water partition coefficient (Wildman–Crippen LogP) is 10.3. The van der Waals surface area contributed by atoms with Crippen molar-refractivity contribution in [1.29, 1.82) is 0 Å². The van der Waals surface area contributed by atoms with Gasteiger partial charge in [0.2, 0.25) is 0 Å². The molecule has 0 radical (unpaired) electrons. The first kappa shape index (κ1) is 23.8. The van der Waals surface area contributed by atoms with E-state index < -0.39 is 0 Å². The number of rotatable bonds is 6. The summed E-state index contributed by atoms with van der Waals surface area (Å²) < 4.78 is 0. The largest absolute Gasteiger partial charge is 0.363 e. The molecule has 2 N–H and O–H groups in total. The van der Waals surface area contributed by atoms with Crippen LogP contribution in [-0.2, 0) is 6.42 Å². The van der Waals surface area contributed by atoms with Crippen molar-refractivity contribution in [1.82, 2.24) is 0 Å². The monoisotopic (exact) mass is 498 g/mol. The van der Waals surface area contributed by atoms with Gasteiger partial charge in [0.05, 0.1) is 22.7 Å². The maximum atomic E-state index is 4.69. The van der Waals surface area contributed by atoms with Crippen molar-refractivity contribution in [3.8, 4) is 0 Å². The predicted molar refractivity (Wildman–Crippen MR) is 158 cm³/mol. The van der Waals surface area contributed by atoms with Gasteiger partial charge >= 0.3 is 0 Å². The Labute approximate surface area is 222 Å². The molecule has 5 aromatic rings. The standard InChI is InChI=1S/C32H30N6/c1-4-8-21-13-15-22(16-14-21)35-36-26-17-18-27(24-10-6-5-9-23(24)26)37-38-28-19-20-30-31-25(28)11-7-12-29(31)33-32(2,3)34-30/h5-7,9-20,33-34H,4,8H2,1-3H3/b36-35+,38-37+. The van der Waals surface area contributed by atoms with E-state index in [9.17, 15) is 0 Å². The van der Waals surface area contributed by atoms with E-state index in [0.29, 0.717) is 0 Å². The Kier molecular flexibility index (Phi) is 6.08. The smallest absolute Gasteiger partial charge is 0.102 e. The van der Waals surface area contributed by atoms with Crippen LogP contribution in [0.5, 0.6) is 0 Å². The van der Waals surface area contributed by atoms with Gasteiger partial charge in [0.1, 0.15) is 5.66 Å². The van der Waals surface area contributed by atoms with Crippen molar-refractivity contribution < 1.29 is 0 Å². The molecule has 0 unspecified atom stereocenters. The van der Waals surface area contributed by atoms with Gasteiger partial charge in [-0.15, -0.1) is 15.3 Å². The van der Waals surface area contributed by atoms with Gasteiger partial charge in [-0.2, -0.15) is 5.11 Å². The summed E-state index contributed by atoms with van der Waals surface area (Å²) in [6, 6.07) is 30.7. The third kappa shape index (κ3) is 4.61. The molecule has 0 bridgehead atoms. The number of hydrogen-bond donors (Lipinski definition) is 2. The molecule has 0 fully saturated rings. The second-order valence-electron chi connectivity index (χ2n) is 10.2. The highest BCUT2D eigenvalue weighted by atomic mass is 15.2. The first-order chi connectivity index (χ1) is 18.5. The fourth-order valence-corrected chi connectivity index (χ4v) is 5.07. The van der Waals surface area contributed by atoms with Crippen molar-refractivity contribution in [2.75, 3.05) is 10.6 Å². The highest BCUT2D eigenvalue weighted by Crippen LogP contribution is 2.42. The van der Waals surface area contributed by atoms with E-state index in [-0.39, 0.29) is 5.66 Å². The summed E-state index contributed by atoms with van der Waals surface area (Å²) in [6.45, 7) is 6.44. The maximum absolute atomic E-state index is 4.69. The third-order valence-electron chi connectivity index (χ3n) is 6.80. The van der Waals surface area contributed by atoms with Crippen LogP contribution in [0.25, 0.3) is 21.5 Å². The van der Waals surface area contributed by atoms with Crippen molar-refractivity contribution in [2.45, 2.75) is 39.3 Å². The Balaban J connectivity index is 1.33. The fourth-order valence-electron chi connectivity index (χ4n) is 5.07. The van der Waals surface area contributed by atoms with E-state index in [2.05, 4.69) is 95.3 Å². The van der Waals surface area contributed by atoms with Crippen LogP contribution >= 0.6 is 0 Å². The molecular weight excluding hydrogens is 468 g/mol. The number of benzene rings is 5. The second kappa shape index (κ2) is 9.71. The maximum Gasteiger partial charge on any atom is 0.102 e. The molecule has 1 aliphatic rings. The van der Waals surface area contributed by atoms with Crippen LogP contribution in [0.3, 0.4) is 0 Å². The van der Waals surface area contributed by atoms with E-state index in [4.69, 9.17) is 5.11 Å². The van der Waals surface area contributed by atoms with Crippen LogP contribution in [0.15, 0.2) is 111 Å². The van der Waals surface area contributed by atoms with Gasteiger partial charge < -0.3 is 10.6 Å². The Hall–Kier alpha value is -4.58. The van der Waals surface area contributed by atoms with Crippen LogP contribution in [-0.4, -0.2) is 5.66 Å². The number of nitrogens with zero attached hydrogens (tertiary/aromatic N) is 4. The minimum atomic E-state index is -0.221. The quantitative estimate of drug-likeness (QED) is 0.228. The lowest BCUT2D eigenvalue weighted by molar-refractivity contribution is 0.649.